The molecule has 4 aliphatic heterocycles. The highest BCUT2D eigenvalue weighted by atomic mass is 32.1. The quantitative estimate of drug-likeness (QED) is 0.655. The minimum Gasteiger partial charge on any atom is -0.350 e. The third-order valence-electron chi connectivity index (χ3n) is 3.76. The molecule has 116 valence electrons. The average Bonchev–Trinajstić information content (AvgIpc) is 3.37. The molecule has 5 rings (SSSR count). The lowest BCUT2D eigenvalue weighted by molar-refractivity contribution is 1.30. The maximum Gasteiger partial charge on any atom is 0.119 e. The van der Waals surface area contributed by atoms with Gasteiger partial charge in [-0.05, 0) is 48.6 Å². The van der Waals surface area contributed by atoms with Crippen molar-refractivity contribution in [3.63, 3.8) is 0 Å². The van der Waals surface area contributed by atoms with Gasteiger partial charge in [0.2, 0.25) is 0 Å². The van der Waals surface area contributed by atoms with Crippen LogP contribution in [0.15, 0.2) is 24.3 Å². The molecule has 0 aliphatic carbocycles. The van der Waals surface area contributed by atoms with Gasteiger partial charge in [0.05, 0.1) is 22.8 Å². The second kappa shape index (κ2) is 5.43. The monoisotopic (exact) mass is 348 g/mol. The normalized spacial score (nSPS) is 14.0. The van der Waals surface area contributed by atoms with E-state index < -0.39 is 0 Å². The van der Waals surface area contributed by atoms with E-state index in [1.165, 1.54) is 9.06 Å². The van der Waals surface area contributed by atoms with Crippen LogP contribution >= 0.6 is 22.7 Å². The maximum atomic E-state index is 4.66. The number of nitrogens with one attached hydrogen (secondary N) is 2. The molecule has 0 amide bonds. The van der Waals surface area contributed by atoms with Gasteiger partial charge >= 0.3 is 0 Å². The molecule has 8 bridgehead atoms. The fraction of sp³-hybridized carbons (Fsp3) is 0. The Hall–Kier alpha value is -2.70. The van der Waals surface area contributed by atoms with Crippen LogP contribution in [0.2, 0.25) is 0 Å². The molecule has 1 aromatic rings. The fourth-order valence-electron chi connectivity index (χ4n) is 2.57. The van der Waals surface area contributed by atoms with Gasteiger partial charge in [-0.15, -0.1) is 22.7 Å². The summed E-state index contributed by atoms with van der Waals surface area (Å²) < 4.78 is 2.33. The van der Waals surface area contributed by atoms with Gasteiger partial charge in [0.1, 0.15) is 10.0 Å². The van der Waals surface area contributed by atoms with E-state index in [0.29, 0.717) is 0 Å². The maximum absolute atomic E-state index is 4.66. The van der Waals surface area contributed by atoms with Crippen LogP contribution in [0.1, 0.15) is 22.8 Å². The van der Waals surface area contributed by atoms with Crippen LogP contribution in [0.25, 0.3) is 36.7 Å². The summed E-state index contributed by atoms with van der Waals surface area (Å²) in [6.45, 7) is 0. The van der Waals surface area contributed by atoms with Gasteiger partial charge < -0.3 is 10.6 Å². The highest BCUT2D eigenvalue weighted by Crippen LogP contribution is 2.24. The van der Waals surface area contributed by atoms with Crippen LogP contribution in [0.5, 0.6) is 0 Å². The molecule has 4 aliphatic rings. The molecule has 0 spiro atoms. The fourth-order valence-corrected chi connectivity index (χ4v) is 4.22. The van der Waals surface area contributed by atoms with Crippen LogP contribution in [0.3, 0.4) is 0 Å². The zero-order valence-electron chi connectivity index (χ0n) is 12.5. The van der Waals surface area contributed by atoms with Crippen molar-refractivity contribution >= 4 is 69.4 Å². The molecular formula is C18H12N4S2. The Kier molecular flexibility index (Phi) is 3.11. The molecule has 24 heavy (non-hydrogen) atoms. The Balaban J connectivity index is 1.82. The Morgan fingerprint density at radius 3 is 1.62 bits per heavy atom. The van der Waals surface area contributed by atoms with Crippen LogP contribution < -0.4 is 19.7 Å². The van der Waals surface area contributed by atoms with Crippen molar-refractivity contribution in [2.24, 2.45) is 0 Å². The molecule has 0 unspecified atom stereocenters. The number of anilines is 2. The highest BCUT2D eigenvalue weighted by molar-refractivity contribution is 7.15. The number of nitrogens with zero attached hydrogens (tertiary/aromatic N) is 2. The lowest BCUT2D eigenvalue weighted by atomic mass is 10.3. The number of rotatable bonds is 0. The minimum atomic E-state index is 0.936. The van der Waals surface area contributed by atoms with Crippen molar-refractivity contribution in [3.05, 3.63) is 56.1 Å². The summed E-state index contributed by atoms with van der Waals surface area (Å²) in [5.74, 6) is 0. The van der Waals surface area contributed by atoms with Gasteiger partial charge in [0.25, 0.3) is 0 Å². The molecule has 5 heterocycles. The minimum absolute atomic E-state index is 0.936. The van der Waals surface area contributed by atoms with E-state index in [9.17, 15) is 0 Å². The number of fused-ring (bicyclic) bond motifs is 10. The first-order chi connectivity index (χ1) is 11.8. The van der Waals surface area contributed by atoms with Crippen molar-refractivity contribution in [1.82, 2.24) is 9.97 Å². The van der Waals surface area contributed by atoms with Crippen molar-refractivity contribution < 1.29 is 0 Å². The first kappa shape index (κ1) is 13.7. The third kappa shape index (κ3) is 2.46. The van der Waals surface area contributed by atoms with Crippen LogP contribution in [0, 0.1) is 0 Å². The standard InChI is InChI=1S/C18H12N4S2/c1-2-12-4-8-16(22-12)18-20-10-14(24-18)6-5-13-9-19-17(23-13)15-7-3-11(1)21-15/h1-10,19-20H. The topological polar surface area (TPSA) is 49.8 Å². The zero-order chi connectivity index (χ0) is 15.9. The molecule has 0 atom stereocenters. The van der Waals surface area contributed by atoms with Gasteiger partial charge in [0, 0.05) is 21.5 Å². The van der Waals surface area contributed by atoms with E-state index in [-0.39, 0.29) is 0 Å². The number of hydrogen-bond acceptors (Lipinski definition) is 6. The molecule has 0 radical (unpaired) electrons. The Morgan fingerprint density at radius 1 is 0.625 bits per heavy atom. The summed E-state index contributed by atoms with van der Waals surface area (Å²) >= 11 is 3.40. The van der Waals surface area contributed by atoms with Crippen LogP contribution in [-0.2, 0) is 0 Å². The lowest BCUT2D eigenvalue weighted by Gasteiger charge is -1.92. The Morgan fingerprint density at radius 2 is 1.12 bits per heavy atom. The van der Waals surface area contributed by atoms with Crippen LogP contribution in [0.4, 0.5) is 10.0 Å². The largest absolute Gasteiger partial charge is 0.350 e. The van der Waals surface area contributed by atoms with Crippen molar-refractivity contribution in [3.8, 4) is 0 Å². The molecular weight excluding hydrogens is 336 g/mol. The number of hydrogen-bond donors (Lipinski definition) is 2. The summed E-state index contributed by atoms with van der Waals surface area (Å²) in [5.41, 5.74) is 3.81. The van der Waals surface area contributed by atoms with Gasteiger partial charge in [-0.3, -0.25) is 0 Å². The highest BCUT2D eigenvalue weighted by Gasteiger charge is 2.08. The molecule has 0 saturated carbocycles. The predicted molar refractivity (Wildman–Crippen MR) is 104 cm³/mol. The SMILES string of the molecule is C1=Cc2nc1ccc1nc(c3sc(ccc4sc2NC=4)=CN3)C=C1. The Labute approximate surface area is 146 Å². The molecule has 0 aromatic carbocycles. The summed E-state index contributed by atoms with van der Waals surface area (Å²) in [6, 6.07) is 8.24. The molecule has 0 saturated heterocycles. The van der Waals surface area contributed by atoms with Crippen molar-refractivity contribution in [2.75, 3.05) is 10.6 Å². The summed E-state index contributed by atoms with van der Waals surface area (Å²) in [7, 11) is 0. The smallest absolute Gasteiger partial charge is 0.119 e. The average molecular weight is 348 g/mol. The van der Waals surface area contributed by atoms with Gasteiger partial charge in [0.15, 0.2) is 0 Å². The van der Waals surface area contributed by atoms with Crippen LogP contribution in [-0.4, -0.2) is 9.97 Å². The molecule has 4 nitrogen and oxygen atoms in total. The van der Waals surface area contributed by atoms with E-state index in [1.807, 2.05) is 48.8 Å². The Bertz CT molecular complexity index is 1030. The molecule has 0 fully saturated rings. The van der Waals surface area contributed by atoms with E-state index in [0.717, 1.165) is 32.8 Å². The first-order valence-electron chi connectivity index (χ1n) is 7.51. The van der Waals surface area contributed by atoms with E-state index in [2.05, 4.69) is 32.7 Å². The number of aromatic nitrogens is 2. The van der Waals surface area contributed by atoms with E-state index in [1.54, 1.807) is 22.7 Å². The zero-order valence-corrected chi connectivity index (χ0v) is 14.1. The van der Waals surface area contributed by atoms with Gasteiger partial charge in [-0.2, -0.15) is 0 Å². The molecule has 6 heteroatoms. The van der Waals surface area contributed by atoms with E-state index in [4.69, 9.17) is 0 Å². The second-order valence-electron chi connectivity index (χ2n) is 5.42. The summed E-state index contributed by atoms with van der Waals surface area (Å²) in [5, 5.41) is 8.75. The van der Waals surface area contributed by atoms with Gasteiger partial charge in [-0.25, -0.2) is 9.97 Å². The summed E-state index contributed by atoms with van der Waals surface area (Å²) in [4.78, 5) is 9.32. The second-order valence-corrected chi connectivity index (χ2v) is 7.59. The summed E-state index contributed by atoms with van der Waals surface area (Å²) in [6.07, 6.45) is 12.2. The molecule has 2 N–H and O–H groups in total. The third-order valence-corrected chi connectivity index (χ3v) is 5.80. The van der Waals surface area contributed by atoms with E-state index >= 15 is 0 Å². The molecule has 1 aromatic heterocycles. The predicted octanol–water partition coefficient (Wildman–Crippen LogP) is 3.27. The first-order valence-corrected chi connectivity index (χ1v) is 9.14. The van der Waals surface area contributed by atoms with Gasteiger partial charge in [-0.1, -0.05) is 0 Å². The lowest BCUT2D eigenvalue weighted by Crippen LogP contribution is -1.94. The van der Waals surface area contributed by atoms with Crippen molar-refractivity contribution in [1.29, 1.82) is 0 Å². The van der Waals surface area contributed by atoms with Crippen molar-refractivity contribution in [2.45, 2.75) is 0 Å².